The molecule has 1 N–H and O–H groups in total. The molecule has 1 amide bonds. The first-order valence-electron chi connectivity index (χ1n) is 8.19. The number of carbonyl (C=O) groups excluding carboxylic acids is 1. The van der Waals surface area contributed by atoms with Crippen molar-refractivity contribution in [2.75, 3.05) is 13.1 Å². The molecule has 1 fully saturated rings. The zero-order valence-electron chi connectivity index (χ0n) is 14.0. The predicted octanol–water partition coefficient (Wildman–Crippen LogP) is 2.29. The van der Waals surface area contributed by atoms with Crippen molar-refractivity contribution in [1.29, 1.82) is 0 Å². The SMILES string of the molecule is Cc1cc(C)n(CC(=O)NC[C@@H]2C[C@H](F)CN2Cc2cccs2)n1. The Morgan fingerprint density at radius 3 is 3.00 bits per heavy atom. The zero-order chi connectivity index (χ0) is 17.1. The third-order valence-electron chi connectivity index (χ3n) is 4.35. The number of likely N-dealkylation sites (tertiary alicyclic amines) is 1. The number of rotatable bonds is 6. The molecule has 2 atom stereocenters. The number of nitrogens with zero attached hydrogens (tertiary/aromatic N) is 3. The molecular weight excluding hydrogens is 327 g/mol. The number of carbonyl (C=O) groups is 1. The molecule has 1 aliphatic rings. The fraction of sp³-hybridized carbons (Fsp3) is 0.529. The van der Waals surface area contributed by atoms with Crippen LogP contribution in [0.15, 0.2) is 23.6 Å². The highest BCUT2D eigenvalue weighted by Crippen LogP contribution is 2.23. The Balaban J connectivity index is 1.52. The molecule has 130 valence electrons. The number of aromatic nitrogens is 2. The molecule has 2 aromatic heterocycles. The van der Waals surface area contributed by atoms with Gasteiger partial charge in [0.05, 0.1) is 5.69 Å². The Hall–Kier alpha value is -1.73. The molecule has 24 heavy (non-hydrogen) atoms. The molecule has 0 radical (unpaired) electrons. The summed E-state index contributed by atoms with van der Waals surface area (Å²) < 4.78 is 15.5. The molecular formula is C17H23FN4OS. The van der Waals surface area contributed by atoms with Crippen LogP contribution in [0.5, 0.6) is 0 Å². The fourth-order valence-electron chi connectivity index (χ4n) is 3.19. The van der Waals surface area contributed by atoms with Crippen molar-refractivity contribution < 1.29 is 9.18 Å². The normalized spacial score (nSPS) is 21.3. The minimum absolute atomic E-state index is 0.0477. The predicted molar refractivity (Wildman–Crippen MR) is 92.7 cm³/mol. The van der Waals surface area contributed by atoms with E-state index in [9.17, 15) is 9.18 Å². The van der Waals surface area contributed by atoms with E-state index < -0.39 is 6.17 Å². The quantitative estimate of drug-likeness (QED) is 0.870. The van der Waals surface area contributed by atoms with E-state index in [1.165, 1.54) is 4.88 Å². The monoisotopic (exact) mass is 350 g/mol. The van der Waals surface area contributed by atoms with Gasteiger partial charge in [-0.2, -0.15) is 5.10 Å². The Bertz CT molecular complexity index is 685. The van der Waals surface area contributed by atoms with Gasteiger partial charge in [0.2, 0.25) is 5.91 Å². The van der Waals surface area contributed by atoms with E-state index in [0.29, 0.717) is 19.5 Å². The number of aryl methyl sites for hydroxylation is 2. The topological polar surface area (TPSA) is 50.2 Å². The average molecular weight is 350 g/mol. The van der Waals surface area contributed by atoms with Gasteiger partial charge in [0.1, 0.15) is 12.7 Å². The summed E-state index contributed by atoms with van der Waals surface area (Å²) in [6.07, 6.45) is -0.339. The highest BCUT2D eigenvalue weighted by atomic mass is 32.1. The molecule has 2 aromatic rings. The van der Waals surface area contributed by atoms with Crippen LogP contribution in [0.2, 0.25) is 0 Å². The van der Waals surface area contributed by atoms with Gasteiger partial charge in [-0.05, 0) is 37.8 Å². The standard InChI is InChI=1S/C17H23FN4OS/c1-12-6-13(2)22(20-12)11-17(23)19-8-15-7-14(18)9-21(15)10-16-4-3-5-24-16/h3-6,14-15H,7-11H2,1-2H3,(H,19,23)/t14-,15-/m0/s1. The summed E-state index contributed by atoms with van der Waals surface area (Å²) in [7, 11) is 0. The third kappa shape index (κ3) is 4.21. The second kappa shape index (κ2) is 7.44. The Labute approximate surface area is 145 Å². The summed E-state index contributed by atoms with van der Waals surface area (Å²) in [5.41, 5.74) is 1.87. The fourth-order valence-corrected chi connectivity index (χ4v) is 3.92. The molecule has 7 heteroatoms. The first-order chi connectivity index (χ1) is 11.5. The van der Waals surface area contributed by atoms with Crippen molar-refractivity contribution in [3.63, 3.8) is 0 Å². The second-order valence-corrected chi connectivity index (χ2v) is 7.42. The first-order valence-corrected chi connectivity index (χ1v) is 9.07. The molecule has 3 heterocycles. The van der Waals surface area contributed by atoms with E-state index >= 15 is 0 Å². The number of hydrogen-bond donors (Lipinski definition) is 1. The molecule has 0 aliphatic carbocycles. The number of halogens is 1. The van der Waals surface area contributed by atoms with Gasteiger partial charge in [0, 0.05) is 36.2 Å². The summed E-state index contributed by atoms with van der Waals surface area (Å²) in [5, 5.41) is 9.26. The van der Waals surface area contributed by atoms with Crippen LogP contribution in [0, 0.1) is 13.8 Å². The average Bonchev–Trinajstić information content (AvgIpc) is 3.21. The van der Waals surface area contributed by atoms with E-state index in [-0.39, 0.29) is 18.5 Å². The second-order valence-electron chi connectivity index (χ2n) is 6.38. The molecule has 1 aliphatic heterocycles. The Morgan fingerprint density at radius 1 is 1.50 bits per heavy atom. The molecule has 0 saturated carbocycles. The van der Waals surface area contributed by atoms with Crippen molar-refractivity contribution in [2.45, 2.75) is 45.6 Å². The maximum absolute atomic E-state index is 13.8. The minimum atomic E-state index is -0.817. The van der Waals surface area contributed by atoms with Crippen molar-refractivity contribution in [1.82, 2.24) is 20.0 Å². The highest BCUT2D eigenvalue weighted by Gasteiger charge is 2.32. The maximum atomic E-state index is 13.8. The number of alkyl halides is 1. The summed E-state index contributed by atoms with van der Waals surface area (Å²) in [6.45, 7) is 5.71. The van der Waals surface area contributed by atoms with Gasteiger partial charge in [-0.25, -0.2) is 4.39 Å². The molecule has 1 saturated heterocycles. The van der Waals surface area contributed by atoms with Crippen molar-refractivity contribution in [3.8, 4) is 0 Å². The number of hydrogen-bond acceptors (Lipinski definition) is 4. The Morgan fingerprint density at radius 2 is 2.33 bits per heavy atom. The van der Waals surface area contributed by atoms with Crippen LogP contribution < -0.4 is 5.32 Å². The summed E-state index contributed by atoms with van der Waals surface area (Å²) in [6, 6.07) is 6.07. The molecule has 3 rings (SSSR count). The van der Waals surface area contributed by atoms with E-state index in [0.717, 1.165) is 17.9 Å². The van der Waals surface area contributed by atoms with Gasteiger partial charge in [-0.3, -0.25) is 14.4 Å². The van der Waals surface area contributed by atoms with Crippen molar-refractivity contribution >= 4 is 17.2 Å². The number of thiophene rings is 1. The maximum Gasteiger partial charge on any atom is 0.241 e. The lowest BCUT2D eigenvalue weighted by atomic mass is 10.2. The third-order valence-corrected chi connectivity index (χ3v) is 5.21. The van der Waals surface area contributed by atoms with E-state index in [4.69, 9.17) is 0 Å². The van der Waals surface area contributed by atoms with Crippen LogP contribution in [-0.4, -0.2) is 45.9 Å². The lowest BCUT2D eigenvalue weighted by molar-refractivity contribution is -0.122. The van der Waals surface area contributed by atoms with Crippen LogP contribution in [-0.2, 0) is 17.9 Å². The van der Waals surface area contributed by atoms with Crippen LogP contribution in [0.1, 0.15) is 22.7 Å². The van der Waals surface area contributed by atoms with E-state index in [1.54, 1.807) is 16.0 Å². The zero-order valence-corrected chi connectivity index (χ0v) is 14.9. The van der Waals surface area contributed by atoms with Crippen molar-refractivity contribution in [2.24, 2.45) is 0 Å². The molecule has 0 bridgehead atoms. The van der Waals surface area contributed by atoms with E-state index in [1.807, 2.05) is 31.4 Å². The summed E-state index contributed by atoms with van der Waals surface area (Å²) in [5.74, 6) is -0.0837. The first kappa shape index (κ1) is 17.1. The van der Waals surface area contributed by atoms with Gasteiger partial charge < -0.3 is 5.32 Å². The smallest absolute Gasteiger partial charge is 0.241 e. The van der Waals surface area contributed by atoms with Crippen LogP contribution >= 0.6 is 11.3 Å². The molecule has 0 aromatic carbocycles. The van der Waals surface area contributed by atoms with Crippen LogP contribution in [0.25, 0.3) is 0 Å². The van der Waals surface area contributed by atoms with Gasteiger partial charge in [-0.1, -0.05) is 6.07 Å². The number of nitrogens with one attached hydrogen (secondary N) is 1. The summed E-state index contributed by atoms with van der Waals surface area (Å²) >= 11 is 1.68. The highest BCUT2D eigenvalue weighted by molar-refractivity contribution is 7.09. The molecule has 0 unspecified atom stereocenters. The number of amides is 1. The Kier molecular flexibility index (Phi) is 5.30. The largest absolute Gasteiger partial charge is 0.353 e. The lowest BCUT2D eigenvalue weighted by Crippen LogP contribution is -2.40. The molecule has 5 nitrogen and oxygen atoms in total. The molecule has 0 spiro atoms. The van der Waals surface area contributed by atoms with Gasteiger partial charge in [0.15, 0.2) is 0 Å². The van der Waals surface area contributed by atoms with Gasteiger partial charge >= 0.3 is 0 Å². The minimum Gasteiger partial charge on any atom is -0.353 e. The van der Waals surface area contributed by atoms with E-state index in [2.05, 4.69) is 21.4 Å². The van der Waals surface area contributed by atoms with Crippen molar-refractivity contribution in [3.05, 3.63) is 39.8 Å². The lowest BCUT2D eigenvalue weighted by Gasteiger charge is -2.23. The van der Waals surface area contributed by atoms with Crippen LogP contribution in [0.4, 0.5) is 4.39 Å². The summed E-state index contributed by atoms with van der Waals surface area (Å²) in [4.78, 5) is 15.5. The van der Waals surface area contributed by atoms with Gasteiger partial charge in [-0.15, -0.1) is 11.3 Å². The van der Waals surface area contributed by atoms with Crippen LogP contribution in [0.3, 0.4) is 0 Å². The van der Waals surface area contributed by atoms with Gasteiger partial charge in [0.25, 0.3) is 0 Å².